The lowest BCUT2D eigenvalue weighted by Crippen LogP contribution is -1.87. The van der Waals surface area contributed by atoms with Crippen molar-refractivity contribution in [3.63, 3.8) is 0 Å². The van der Waals surface area contributed by atoms with Gasteiger partial charge in [0.2, 0.25) is 0 Å². The van der Waals surface area contributed by atoms with Crippen molar-refractivity contribution >= 4 is 24.8 Å². The van der Waals surface area contributed by atoms with Gasteiger partial charge in [0.05, 0.1) is 0 Å². The van der Waals surface area contributed by atoms with Gasteiger partial charge < -0.3 is 0 Å². The summed E-state index contributed by atoms with van der Waals surface area (Å²) < 4.78 is 0. The van der Waals surface area contributed by atoms with Crippen LogP contribution in [-0.2, 0) is 4.79 Å². The SMILES string of the molecule is CCC(=O)SCP(C)C. The van der Waals surface area contributed by atoms with Gasteiger partial charge in [-0.2, -0.15) is 0 Å². The molecule has 0 aliphatic heterocycles. The first-order valence-corrected chi connectivity index (χ1v) is 6.38. The van der Waals surface area contributed by atoms with Gasteiger partial charge in [-0.05, 0) is 13.3 Å². The molecule has 0 saturated carbocycles. The van der Waals surface area contributed by atoms with E-state index >= 15 is 0 Å². The van der Waals surface area contributed by atoms with E-state index in [4.69, 9.17) is 0 Å². The average Bonchev–Trinajstić information content (AvgIpc) is 1.83. The summed E-state index contributed by atoms with van der Waals surface area (Å²) in [7, 11) is 0.103. The Morgan fingerprint density at radius 1 is 1.56 bits per heavy atom. The zero-order valence-corrected chi connectivity index (χ0v) is 7.89. The highest BCUT2D eigenvalue weighted by Crippen LogP contribution is 2.30. The minimum Gasteiger partial charge on any atom is -0.287 e. The van der Waals surface area contributed by atoms with E-state index in [-0.39, 0.29) is 7.92 Å². The predicted octanol–water partition coefficient (Wildman–Crippen LogP) is 2.36. The van der Waals surface area contributed by atoms with E-state index in [0.717, 1.165) is 5.49 Å². The molecule has 0 aromatic rings. The van der Waals surface area contributed by atoms with Gasteiger partial charge in [-0.25, -0.2) is 0 Å². The quantitative estimate of drug-likeness (QED) is 0.595. The molecule has 0 unspecified atom stereocenters. The molecule has 1 nitrogen and oxygen atoms in total. The van der Waals surface area contributed by atoms with Crippen LogP contribution in [0.1, 0.15) is 13.3 Å². The van der Waals surface area contributed by atoms with Gasteiger partial charge in [0.15, 0.2) is 5.12 Å². The van der Waals surface area contributed by atoms with Crippen LogP contribution >= 0.6 is 19.7 Å². The van der Waals surface area contributed by atoms with Gasteiger partial charge in [-0.3, -0.25) is 4.79 Å². The maximum atomic E-state index is 10.7. The molecule has 0 saturated heterocycles. The number of carbonyl (C=O) groups excluding carboxylic acids is 1. The van der Waals surface area contributed by atoms with Crippen molar-refractivity contribution in [3.05, 3.63) is 0 Å². The topological polar surface area (TPSA) is 17.1 Å². The Morgan fingerprint density at radius 3 is 2.44 bits per heavy atom. The Kier molecular flexibility index (Phi) is 5.51. The number of thioether (sulfide) groups is 1. The third-order valence-corrected chi connectivity index (χ3v) is 3.97. The smallest absolute Gasteiger partial charge is 0.189 e. The molecule has 0 atom stereocenters. The van der Waals surface area contributed by atoms with Gasteiger partial charge in [-0.15, -0.1) is 7.92 Å². The Labute approximate surface area is 62.3 Å². The summed E-state index contributed by atoms with van der Waals surface area (Å²) in [4.78, 5) is 10.7. The first-order chi connectivity index (χ1) is 4.16. The third-order valence-electron chi connectivity index (χ3n) is 0.772. The van der Waals surface area contributed by atoms with Crippen LogP contribution in [0.3, 0.4) is 0 Å². The third kappa shape index (κ3) is 6.33. The second-order valence-electron chi connectivity index (χ2n) is 2.08. The van der Waals surface area contributed by atoms with Crippen LogP contribution in [0.4, 0.5) is 0 Å². The van der Waals surface area contributed by atoms with Gasteiger partial charge >= 0.3 is 0 Å². The summed E-state index contributed by atoms with van der Waals surface area (Å²) in [6, 6.07) is 0. The molecule has 0 aliphatic carbocycles. The molecule has 3 heteroatoms. The predicted molar refractivity (Wildman–Crippen MR) is 46.5 cm³/mol. The molecule has 0 N–H and O–H groups in total. The lowest BCUT2D eigenvalue weighted by atomic mass is 10.6. The number of hydrogen-bond donors (Lipinski definition) is 0. The normalized spacial score (nSPS) is 10.2. The maximum absolute atomic E-state index is 10.7. The van der Waals surface area contributed by atoms with E-state index < -0.39 is 0 Å². The van der Waals surface area contributed by atoms with Gasteiger partial charge in [0, 0.05) is 11.9 Å². The largest absolute Gasteiger partial charge is 0.287 e. The fourth-order valence-electron chi connectivity index (χ4n) is 0.303. The minimum atomic E-state index is 0.103. The Balaban J connectivity index is 3.17. The second kappa shape index (κ2) is 5.25. The van der Waals surface area contributed by atoms with Crippen LogP contribution in [0.5, 0.6) is 0 Å². The number of rotatable bonds is 3. The van der Waals surface area contributed by atoms with Crippen molar-refractivity contribution in [2.24, 2.45) is 0 Å². The summed E-state index contributed by atoms with van der Waals surface area (Å²) in [6.45, 7) is 6.28. The highest BCUT2D eigenvalue weighted by molar-refractivity contribution is 8.17. The van der Waals surface area contributed by atoms with Crippen LogP contribution in [-0.4, -0.2) is 23.9 Å². The fraction of sp³-hybridized carbons (Fsp3) is 0.833. The van der Waals surface area contributed by atoms with E-state index in [2.05, 4.69) is 13.3 Å². The van der Waals surface area contributed by atoms with Crippen LogP contribution in [0.15, 0.2) is 0 Å². The van der Waals surface area contributed by atoms with Gasteiger partial charge in [0.1, 0.15) is 0 Å². The highest BCUT2D eigenvalue weighted by Gasteiger charge is 1.99. The Bertz CT molecular complexity index is 93.1. The van der Waals surface area contributed by atoms with Crippen molar-refractivity contribution < 1.29 is 4.79 Å². The molecule has 0 bridgehead atoms. The van der Waals surface area contributed by atoms with E-state index in [1.807, 2.05) is 6.92 Å². The van der Waals surface area contributed by atoms with Crippen molar-refractivity contribution in [2.45, 2.75) is 13.3 Å². The molecule has 54 valence electrons. The van der Waals surface area contributed by atoms with Gasteiger partial charge in [0.25, 0.3) is 0 Å². The summed E-state index contributed by atoms with van der Waals surface area (Å²) >= 11 is 1.47. The van der Waals surface area contributed by atoms with Crippen LogP contribution in [0.25, 0.3) is 0 Å². The lowest BCUT2D eigenvalue weighted by Gasteiger charge is -2.01. The van der Waals surface area contributed by atoms with Crippen LogP contribution < -0.4 is 0 Å². The Morgan fingerprint density at radius 2 is 2.11 bits per heavy atom. The molecule has 9 heavy (non-hydrogen) atoms. The molecule has 0 amide bonds. The molecule has 0 aliphatic rings. The van der Waals surface area contributed by atoms with Crippen molar-refractivity contribution in [1.82, 2.24) is 0 Å². The maximum Gasteiger partial charge on any atom is 0.189 e. The highest BCUT2D eigenvalue weighted by atomic mass is 32.2. The molecule has 0 fully saturated rings. The zero-order chi connectivity index (χ0) is 7.28. The summed E-state index contributed by atoms with van der Waals surface area (Å²) in [5.41, 5.74) is 1.03. The van der Waals surface area contributed by atoms with Crippen molar-refractivity contribution in [2.75, 3.05) is 18.8 Å². The number of hydrogen-bond acceptors (Lipinski definition) is 2. The van der Waals surface area contributed by atoms with Gasteiger partial charge in [-0.1, -0.05) is 18.7 Å². The first kappa shape index (κ1) is 9.45. The average molecular weight is 164 g/mol. The molecule has 0 rings (SSSR count). The van der Waals surface area contributed by atoms with E-state index in [9.17, 15) is 4.79 Å². The molecular weight excluding hydrogens is 151 g/mol. The van der Waals surface area contributed by atoms with Crippen LogP contribution in [0, 0.1) is 0 Å². The monoisotopic (exact) mass is 164 g/mol. The summed E-state index contributed by atoms with van der Waals surface area (Å²) in [5.74, 6) is 0. The molecule has 0 spiro atoms. The minimum absolute atomic E-state index is 0.103. The summed E-state index contributed by atoms with van der Waals surface area (Å²) in [5, 5.41) is 0.325. The van der Waals surface area contributed by atoms with E-state index in [1.54, 1.807) is 0 Å². The molecular formula is C6H13OPS. The number of carbonyl (C=O) groups is 1. The fourth-order valence-corrected chi connectivity index (χ4v) is 2.12. The zero-order valence-electron chi connectivity index (χ0n) is 6.18. The van der Waals surface area contributed by atoms with E-state index in [1.165, 1.54) is 11.8 Å². The Hall–Kier alpha value is 0.450. The van der Waals surface area contributed by atoms with Crippen LogP contribution in [0.2, 0.25) is 0 Å². The van der Waals surface area contributed by atoms with Crippen molar-refractivity contribution in [1.29, 1.82) is 0 Å². The van der Waals surface area contributed by atoms with E-state index in [0.29, 0.717) is 11.5 Å². The first-order valence-electron chi connectivity index (χ1n) is 2.97. The molecule has 0 radical (unpaired) electrons. The van der Waals surface area contributed by atoms with Crippen molar-refractivity contribution in [3.8, 4) is 0 Å². The molecule has 0 aromatic heterocycles. The molecule has 0 heterocycles. The second-order valence-corrected chi connectivity index (χ2v) is 6.01. The standard InChI is InChI=1S/C6H13OPS/c1-4-6(7)9-5-8(2)3/h4-5H2,1-3H3. The summed E-state index contributed by atoms with van der Waals surface area (Å²) in [6.07, 6.45) is 0.674. The lowest BCUT2D eigenvalue weighted by molar-refractivity contribution is -0.110. The molecule has 0 aromatic carbocycles.